The second kappa shape index (κ2) is 33.9. The van der Waals surface area contributed by atoms with Crippen molar-refractivity contribution in [1.29, 1.82) is 0 Å². The van der Waals surface area contributed by atoms with Crippen LogP contribution in [0.4, 0.5) is 0 Å². The Morgan fingerprint density at radius 2 is 0.559 bits per heavy atom. The first-order valence-electron chi connectivity index (χ1n) is 36.5. The fourth-order valence-electron chi connectivity index (χ4n) is 15.2. The van der Waals surface area contributed by atoms with E-state index in [0.29, 0.717) is 5.92 Å². The molecule has 16 heteroatoms. The fourth-order valence-corrected chi connectivity index (χ4v) is 15.2. The molecule has 8 heterocycles. The third-order valence-electron chi connectivity index (χ3n) is 20.0. The topological polar surface area (TPSA) is 91.0 Å². The summed E-state index contributed by atoms with van der Waals surface area (Å²) in [5, 5.41) is 10.2. The van der Waals surface area contributed by atoms with Crippen molar-refractivity contribution < 1.29 is 80.4 Å². The predicted molar refractivity (Wildman–Crippen MR) is 440 cm³/mol. The monoisotopic (exact) mass is 2160 g/mol. The SMILES string of the molecule is CC(C)(C)n1ccnc1-c1[c-]cc(-n2c3ccccc3c3ccccc32)cc1.CC(C)Cn1ccnc1-c1[c-]cc(-n2c3ccccc3c3ccccc32)cc1.CCn1ccnc1-c1[c-]cc(-n2c3ccccc3c3ccccc32)cc1.Cn1ccnc1-c1[c-]cc(-n2c3ccccc3c3ccccc32)cc1.[Ir].[Ir].[Ir].[Ir]. The molecule has 8 aromatic heterocycles. The average molecular weight is 2160 g/mol. The first-order chi connectivity index (χ1) is 52.4. The van der Waals surface area contributed by atoms with E-state index < -0.39 is 0 Å². The van der Waals surface area contributed by atoms with Crippen LogP contribution in [0.15, 0.2) is 316 Å². The Morgan fingerprint density at radius 1 is 0.306 bits per heavy atom. The van der Waals surface area contributed by atoms with Crippen LogP contribution in [-0.4, -0.2) is 56.5 Å². The smallest absolute Gasteiger partial charge is 0.0561 e. The molecule has 0 bridgehead atoms. The van der Waals surface area contributed by atoms with Gasteiger partial charge >= 0.3 is 0 Å². The van der Waals surface area contributed by atoms with Crippen LogP contribution >= 0.6 is 0 Å². The van der Waals surface area contributed by atoms with Crippen molar-refractivity contribution in [1.82, 2.24) is 56.5 Å². The molecule has 0 aliphatic heterocycles. The predicted octanol–water partition coefficient (Wildman–Crippen LogP) is 22.7. The van der Waals surface area contributed by atoms with Crippen LogP contribution in [0, 0.1) is 30.2 Å². The summed E-state index contributed by atoms with van der Waals surface area (Å²) in [5.74, 6) is 4.38. The van der Waals surface area contributed by atoms with Gasteiger partial charge in [0, 0.05) is 243 Å². The van der Waals surface area contributed by atoms with Gasteiger partial charge in [0.1, 0.15) is 0 Å². The summed E-state index contributed by atoms with van der Waals surface area (Å²) in [6.07, 6.45) is 15.4. The van der Waals surface area contributed by atoms with Gasteiger partial charge in [-0.05, 0) is 105 Å². The van der Waals surface area contributed by atoms with Crippen LogP contribution in [0.2, 0.25) is 0 Å². The molecule has 558 valence electrons. The van der Waals surface area contributed by atoms with E-state index in [1.54, 1.807) is 0 Å². The molecule has 20 aromatic rings. The molecule has 0 spiro atoms. The van der Waals surface area contributed by atoms with Gasteiger partial charge in [-0.1, -0.05) is 159 Å². The number of nitrogens with zero attached hydrogens (tertiary/aromatic N) is 12. The Hall–Kier alpha value is -10.7. The molecule has 0 amide bonds. The number of hydrogen-bond acceptors (Lipinski definition) is 4. The van der Waals surface area contributed by atoms with Crippen LogP contribution in [0.1, 0.15) is 41.5 Å². The Labute approximate surface area is 700 Å². The molecule has 12 nitrogen and oxygen atoms in total. The minimum Gasteiger partial charge on any atom is -0.373 e. The van der Waals surface area contributed by atoms with Crippen molar-refractivity contribution in [3.8, 4) is 68.3 Å². The summed E-state index contributed by atoms with van der Waals surface area (Å²) in [6.45, 7) is 15.0. The number of para-hydroxylation sites is 8. The summed E-state index contributed by atoms with van der Waals surface area (Å²) in [5.41, 5.74) is 18.1. The van der Waals surface area contributed by atoms with Crippen molar-refractivity contribution in [3.05, 3.63) is 341 Å². The normalized spacial score (nSPS) is 11.2. The number of hydrogen-bond donors (Lipinski definition) is 0. The van der Waals surface area contributed by atoms with E-state index in [2.05, 4.69) is 379 Å². The zero-order chi connectivity index (χ0) is 72.7. The molecule has 0 atom stereocenters. The quantitative estimate of drug-likeness (QED) is 0.121. The van der Waals surface area contributed by atoms with Crippen LogP contribution in [-0.2, 0) is 106 Å². The molecule has 4 radical (unpaired) electrons. The van der Waals surface area contributed by atoms with Crippen LogP contribution in [0.3, 0.4) is 0 Å². The van der Waals surface area contributed by atoms with Gasteiger partial charge in [-0.25, -0.2) is 0 Å². The van der Waals surface area contributed by atoms with E-state index in [0.717, 1.165) is 81.4 Å². The average Bonchev–Trinajstić information content (AvgIpc) is 1.62. The molecule has 20 rings (SSSR count). The first-order valence-corrected chi connectivity index (χ1v) is 36.5. The largest absolute Gasteiger partial charge is 0.373 e. The molecule has 111 heavy (non-hydrogen) atoms. The van der Waals surface area contributed by atoms with Gasteiger partial charge in [0.05, 0.1) is 23.3 Å². The van der Waals surface area contributed by atoms with Crippen molar-refractivity contribution in [2.24, 2.45) is 13.0 Å². The molecular weight excluding hydrogens is 2080 g/mol. The number of fused-ring (bicyclic) bond motifs is 12. The van der Waals surface area contributed by atoms with Gasteiger partial charge in [-0.15, -0.1) is 119 Å². The number of imidazole rings is 4. The van der Waals surface area contributed by atoms with E-state index >= 15 is 0 Å². The van der Waals surface area contributed by atoms with Crippen LogP contribution in [0.25, 0.3) is 156 Å². The Balaban J connectivity index is 0.000000128. The first kappa shape index (κ1) is 78.4. The maximum absolute atomic E-state index is 4.57. The van der Waals surface area contributed by atoms with Gasteiger partial charge in [-0.3, -0.25) is 19.9 Å². The van der Waals surface area contributed by atoms with Crippen molar-refractivity contribution in [3.63, 3.8) is 0 Å². The summed E-state index contributed by atoms with van der Waals surface area (Å²) >= 11 is 0. The zero-order valence-corrected chi connectivity index (χ0v) is 71.8. The second-order valence-electron chi connectivity index (χ2n) is 28.3. The van der Waals surface area contributed by atoms with Gasteiger partial charge in [0.15, 0.2) is 0 Å². The Kier molecular flexibility index (Phi) is 23.9. The van der Waals surface area contributed by atoms with Crippen molar-refractivity contribution in [2.75, 3.05) is 0 Å². The summed E-state index contributed by atoms with van der Waals surface area (Å²) in [6, 6.07) is 107. The molecular formula is C95H78Ir4N12-4. The van der Waals surface area contributed by atoms with Crippen molar-refractivity contribution >= 4 is 87.2 Å². The Bertz CT molecular complexity index is 6340. The molecule has 0 aliphatic carbocycles. The van der Waals surface area contributed by atoms with E-state index in [9.17, 15) is 0 Å². The van der Waals surface area contributed by atoms with Crippen LogP contribution < -0.4 is 0 Å². The minimum atomic E-state index is -0.0226. The standard InChI is InChI=1S/2C25H22N3.C23H18N3.C22H16N3.4Ir/c1-25(2,3)27-17-16-26-24(27)18-12-14-19(15-13-18)28-22-10-6-4-8-20(22)21-9-5-7-11-23(21)28;1-18(2)17-27-16-15-26-25(27)19-11-13-20(14-12-19)28-23-9-5-3-7-21(23)22-8-4-6-10-24(22)28;1-2-25-16-15-24-23(25)17-11-13-18(14-12-17)26-21-9-5-3-7-19(21)20-8-4-6-10-22(20)26;1-24-15-14-23-22(24)16-10-12-17(13-11-16)25-20-8-4-2-6-18(20)19-7-3-5-9-21(19)25;;;;/h4-12,14-17H,1-3H3;3-11,13-16,18H,17H2,1-2H3;3-11,13-16H,2H2,1H3;2-10,12-15H,1H3;;;;/q4*-1;;;;. The molecule has 12 aromatic carbocycles. The fraction of sp³-hybridized carbons (Fsp3) is 0.116. The number of rotatable bonds is 11. The minimum absolute atomic E-state index is 0. The number of aryl methyl sites for hydroxylation is 2. The summed E-state index contributed by atoms with van der Waals surface area (Å²) in [7, 11) is 2.00. The molecule has 0 unspecified atom stereocenters. The molecule has 0 saturated heterocycles. The summed E-state index contributed by atoms with van der Waals surface area (Å²) in [4.78, 5) is 18.0. The molecule has 0 N–H and O–H groups in total. The van der Waals surface area contributed by atoms with E-state index in [1.807, 2.05) is 67.3 Å². The Morgan fingerprint density at radius 3 is 0.829 bits per heavy atom. The number of benzene rings is 12. The van der Waals surface area contributed by atoms with E-state index in [4.69, 9.17) is 0 Å². The van der Waals surface area contributed by atoms with Gasteiger partial charge in [0.2, 0.25) is 0 Å². The van der Waals surface area contributed by atoms with E-state index in [-0.39, 0.29) is 86.0 Å². The van der Waals surface area contributed by atoms with Crippen LogP contribution in [0.5, 0.6) is 0 Å². The third-order valence-corrected chi connectivity index (χ3v) is 20.0. The maximum Gasteiger partial charge on any atom is 0.0561 e. The van der Waals surface area contributed by atoms with Gasteiger partial charge < -0.3 is 36.5 Å². The van der Waals surface area contributed by atoms with Gasteiger partial charge in [0.25, 0.3) is 0 Å². The molecule has 0 aliphatic rings. The maximum atomic E-state index is 4.57. The summed E-state index contributed by atoms with van der Waals surface area (Å²) < 4.78 is 17.8. The molecule has 0 saturated carbocycles. The van der Waals surface area contributed by atoms with Crippen molar-refractivity contribution in [2.45, 2.75) is 60.2 Å². The third kappa shape index (κ3) is 15.1. The van der Waals surface area contributed by atoms with Gasteiger partial charge in [-0.2, -0.15) is 0 Å². The number of aromatic nitrogens is 12. The second-order valence-corrected chi connectivity index (χ2v) is 28.3. The molecule has 0 fully saturated rings. The van der Waals surface area contributed by atoms with E-state index in [1.165, 1.54) is 87.2 Å². The zero-order valence-electron chi connectivity index (χ0n) is 62.2.